The Hall–Kier alpha value is -1.32. The lowest BCUT2D eigenvalue weighted by atomic mass is 10.2. The van der Waals surface area contributed by atoms with Crippen molar-refractivity contribution in [3.8, 4) is 0 Å². The van der Waals surface area contributed by atoms with Crippen LogP contribution in [-0.2, 0) is 6.54 Å². The van der Waals surface area contributed by atoms with Crippen LogP contribution in [0.2, 0.25) is 0 Å². The van der Waals surface area contributed by atoms with Gasteiger partial charge in [-0.05, 0) is 43.1 Å². The summed E-state index contributed by atoms with van der Waals surface area (Å²) < 4.78 is 0. The average molecular weight is 286 g/mol. The zero-order chi connectivity index (χ0) is 14.4. The molecule has 0 spiro atoms. The molecular formula is C17H22N2S. The monoisotopic (exact) mass is 286 g/mol. The first-order valence-corrected chi connectivity index (χ1v) is 7.85. The minimum absolute atomic E-state index is 0.680. The predicted molar refractivity (Wildman–Crippen MR) is 86.1 cm³/mol. The molecule has 0 saturated carbocycles. The van der Waals surface area contributed by atoms with Crippen molar-refractivity contribution in [3.05, 3.63) is 53.7 Å². The van der Waals surface area contributed by atoms with Crippen molar-refractivity contribution in [2.75, 3.05) is 6.54 Å². The van der Waals surface area contributed by atoms with Gasteiger partial charge >= 0.3 is 0 Å². The van der Waals surface area contributed by atoms with Crippen LogP contribution in [0, 0.1) is 12.8 Å². The third-order valence-electron chi connectivity index (χ3n) is 2.89. The van der Waals surface area contributed by atoms with E-state index in [9.17, 15) is 0 Å². The van der Waals surface area contributed by atoms with Crippen molar-refractivity contribution in [3.63, 3.8) is 0 Å². The molecule has 1 N–H and O–H groups in total. The summed E-state index contributed by atoms with van der Waals surface area (Å²) in [5, 5.41) is 4.48. The molecule has 1 aromatic heterocycles. The number of rotatable bonds is 6. The van der Waals surface area contributed by atoms with Crippen LogP contribution in [0.3, 0.4) is 0 Å². The topological polar surface area (TPSA) is 24.9 Å². The normalized spacial score (nSPS) is 11.0. The molecule has 0 fully saturated rings. The Kier molecular flexibility index (Phi) is 5.62. The highest BCUT2D eigenvalue weighted by Crippen LogP contribution is 2.26. The SMILES string of the molecule is Cc1cccc(Sc2ccc(CNCC(C)C)cn2)c1. The van der Waals surface area contributed by atoms with Gasteiger partial charge in [0.1, 0.15) is 5.03 Å². The van der Waals surface area contributed by atoms with Crippen LogP contribution >= 0.6 is 11.8 Å². The van der Waals surface area contributed by atoms with E-state index in [-0.39, 0.29) is 0 Å². The molecule has 3 heteroatoms. The standard InChI is InChI=1S/C17H22N2S/c1-13(2)10-18-11-15-7-8-17(19-12-15)20-16-6-4-5-14(3)9-16/h4-9,12-13,18H,10-11H2,1-3H3. The Balaban J connectivity index is 1.91. The molecule has 1 aromatic carbocycles. The Morgan fingerprint density at radius 3 is 2.70 bits per heavy atom. The molecule has 1 heterocycles. The van der Waals surface area contributed by atoms with E-state index in [0.29, 0.717) is 5.92 Å². The van der Waals surface area contributed by atoms with Crippen molar-refractivity contribution in [2.24, 2.45) is 5.92 Å². The van der Waals surface area contributed by atoms with Crippen LogP contribution in [0.5, 0.6) is 0 Å². The molecule has 0 amide bonds. The molecule has 0 aliphatic rings. The Bertz CT molecular complexity index is 535. The molecule has 0 bridgehead atoms. The van der Waals surface area contributed by atoms with Gasteiger partial charge in [0.2, 0.25) is 0 Å². The predicted octanol–water partition coefficient (Wildman–Crippen LogP) is 4.29. The van der Waals surface area contributed by atoms with E-state index in [4.69, 9.17) is 0 Å². The van der Waals surface area contributed by atoms with Crippen molar-refractivity contribution in [1.29, 1.82) is 0 Å². The van der Waals surface area contributed by atoms with Gasteiger partial charge in [0.05, 0.1) is 0 Å². The van der Waals surface area contributed by atoms with Gasteiger partial charge in [0, 0.05) is 17.6 Å². The lowest BCUT2D eigenvalue weighted by Crippen LogP contribution is -2.18. The van der Waals surface area contributed by atoms with Crippen molar-refractivity contribution < 1.29 is 0 Å². The Labute approximate surface area is 126 Å². The lowest BCUT2D eigenvalue weighted by Gasteiger charge is -2.07. The van der Waals surface area contributed by atoms with Crippen LogP contribution in [0.25, 0.3) is 0 Å². The molecular weight excluding hydrogens is 264 g/mol. The number of aromatic nitrogens is 1. The molecule has 0 unspecified atom stereocenters. The fourth-order valence-corrected chi connectivity index (χ4v) is 2.76. The number of aryl methyl sites for hydroxylation is 1. The fourth-order valence-electron chi connectivity index (χ4n) is 1.88. The largest absolute Gasteiger partial charge is 0.312 e. The second-order valence-electron chi connectivity index (χ2n) is 5.45. The minimum Gasteiger partial charge on any atom is -0.312 e. The molecule has 20 heavy (non-hydrogen) atoms. The van der Waals surface area contributed by atoms with Crippen molar-refractivity contribution in [2.45, 2.75) is 37.2 Å². The Morgan fingerprint density at radius 1 is 1.20 bits per heavy atom. The molecule has 0 radical (unpaired) electrons. The highest BCUT2D eigenvalue weighted by atomic mass is 32.2. The summed E-state index contributed by atoms with van der Waals surface area (Å²) in [5.74, 6) is 0.680. The summed E-state index contributed by atoms with van der Waals surface area (Å²) in [7, 11) is 0. The number of nitrogens with zero attached hydrogens (tertiary/aromatic N) is 1. The maximum absolute atomic E-state index is 4.52. The van der Waals surface area contributed by atoms with E-state index in [1.54, 1.807) is 11.8 Å². The number of benzene rings is 1. The third kappa shape index (κ3) is 4.99. The number of hydrogen-bond donors (Lipinski definition) is 1. The Morgan fingerprint density at radius 2 is 2.05 bits per heavy atom. The van der Waals surface area contributed by atoms with Gasteiger partial charge in [-0.1, -0.05) is 49.4 Å². The number of hydrogen-bond acceptors (Lipinski definition) is 3. The van der Waals surface area contributed by atoms with E-state index in [0.717, 1.165) is 18.1 Å². The molecule has 0 atom stereocenters. The second-order valence-corrected chi connectivity index (χ2v) is 6.54. The molecule has 2 rings (SSSR count). The maximum atomic E-state index is 4.52. The molecule has 2 aromatic rings. The average Bonchev–Trinajstić information content (AvgIpc) is 2.40. The van der Waals surface area contributed by atoms with Gasteiger partial charge in [0.15, 0.2) is 0 Å². The first kappa shape index (κ1) is 15.1. The van der Waals surface area contributed by atoms with Crippen LogP contribution < -0.4 is 5.32 Å². The summed E-state index contributed by atoms with van der Waals surface area (Å²) in [4.78, 5) is 5.76. The third-order valence-corrected chi connectivity index (χ3v) is 3.83. The van der Waals surface area contributed by atoms with E-state index in [1.807, 2.05) is 6.20 Å². The molecule has 0 aliphatic heterocycles. The maximum Gasteiger partial charge on any atom is 0.101 e. The van der Waals surface area contributed by atoms with Crippen molar-refractivity contribution in [1.82, 2.24) is 10.3 Å². The van der Waals surface area contributed by atoms with E-state index >= 15 is 0 Å². The first-order chi connectivity index (χ1) is 9.63. The van der Waals surface area contributed by atoms with Gasteiger partial charge < -0.3 is 5.32 Å². The van der Waals surface area contributed by atoms with Crippen LogP contribution in [-0.4, -0.2) is 11.5 Å². The summed E-state index contributed by atoms with van der Waals surface area (Å²) >= 11 is 1.71. The van der Waals surface area contributed by atoms with E-state index in [1.165, 1.54) is 16.0 Å². The van der Waals surface area contributed by atoms with Crippen LogP contribution in [0.1, 0.15) is 25.0 Å². The molecule has 0 saturated heterocycles. The van der Waals surface area contributed by atoms with Gasteiger partial charge in [-0.25, -0.2) is 4.98 Å². The number of pyridine rings is 1. The van der Waals surface area contributed by atoms with Crippen LogP contribution in [0.4, 0.5) is 0 Å². The summed E-state index contributed by atoms with van der Waals surface area (Å²) in [6.45, 7) is 8.47. The fraction of sp³-hybridized carbons (Fsp3) is 0.353. The van der Waals surface area contributed by atoms with Gasteiger partial charge in [-0.3, -0.25) is 0 Å². The zero-order valence-electron chi connectivity index (χ0n) is 12.4. The molecule has 0 aliphatic carbocycles. The second kappa shape index (κ2) is 7.46. The lowest BCUT2D eigenvalue weighted by molar-refractivity contribution is 0.551. The van der Waals surface area contributed by atoms with Gasteiger partial charge in [-0.15, -0.1) is 0 Å². The summed E-state index contributed by atoms with van der Waals surface area (Å²) in [6.07, 6.45) is 1.96. The quantitative estimate of drug-likeness (QED) is 0.857. The summed E-state index contributed by atoms with van der Waals surface area (Å²) in [6, 6.07) is 12.8. The summed E-state index contributed by atoms with van der Waals surface area (Å²) in [5.41, 5.74) is 2.52. The highest BCUT2D eigenvalue weighted by molar-refractivity contribution is 7.99. The van der Waals surface area contributed by atoms with Crippen LogP contribution in [0.15, 0.2) is 52.5 Å². The highest BCUT2D eigenvalue weighted by Gasteiger charge is 2.00. The minimum atomic E-state index is 0.680. The molecule has 106 valence electrons. The first-order valence-electron chi connectivity index (χ1n) is 7.03. The van der Waals surface area contributed by atoms with Gasteiger partial charge in [0.25, 0.3) is 0 Å². The van der Waals surface area contributed by atoms with E-state index in [2.05, 4.69) is 67.5 Å². The van der Waals surface area contributed by atoms with Gasteiger partial charge in [-0.2, -0.15) is 0 Å². The number of nitrogens with one attached hydrogen (secondary N) is 1. The van der Waals surface area contributed by atoms with Crippen molar-refractivity contribution >= 4 is 11.8 Å². The van der Waals surface area contributed by atoms with E-state index < -0.39 is 0 Å². The zero-order valence-corrected chi connectivity index (χ0v) is 13.2. The molecule has 2 nitrogen and oxygen atoms in total. The smallest absolute Gasteiger partial charge is 0.101 e.